The van der Waals surface area contributed by atoms with Gasteiger partial charge in [0, 0.05) is 32.7 Å². The van der Waals surface area contributed by atoms with E-state index in [-0.39, 0.29) is 5.91 Å². The first-order chi connectivity index (χ1) is 12.2. The monoisotopic (exact) mass is 342 g/mol. The number of nitrogens with one attached hydrogen (secondary N) is 3. The quantitative estimate of drug-likeness (QED) is 0.501. The third kappa shape index (κ3) is 5.21. The summed E-state index contributed by atoms with van der Waals surface area (Å²) in [6.07, 6.45) is 6.51. The molecule has 2 fully saturated rings. The van der Waals surface area contributed by atoms with Crippen LogP contribution in [0.4, 0.5) is 0 Å². The Morgan fingerprint density at radius 3 is 2.52 bits per heavy atom. The Bertz CT molecular complexity index is 608. The van der Waals surface area contributed by atoms with E-state index in [1.54, 1.807) is 7.05 Å². The molecule has 0 saturated heterocycles. The fourth-order valence-electron chi connectivity index (χ4n) is 3.54. The van der Waals surface area contributed by atoms with Crippen LogP contribution in [0, 0.1) is 17.8 Å². The second kappa shape index (κ2) is 8.37. The van der Waals surface area contributed by atoms with Crippen LogP contribution in [0.2, 0.25) is 0 Å². The maximum atomic E-state index is 11.7. The van der Waals surface area contributed by atoms with Crippen LogP contribution in [-0.2, 0) is 6.42 Å². The van der Waals surface area contributed by atoms with Gasteiger partial charge in [0.2, 0.25) is 0 Å². The van der Waals surface area contributed by atoms with E-state index in [2.05, 4.69) is 27.0 Å². The number of amides is 1. The van der Waals surface area contributed by atoms with Gasteiger partial charge in [0.1, 0.15) is 0 Å². The van der Waals surface area contributed by atoms with Crippen molar-refractivity contribution in [1.82, 2.24) is 16.0 Å². The van der Waals surface area contributed by atoms with E-state index >= 15 is 0 Å². The van der Waals surface area contributed by atoms with E-state index in [1.165, 1.54) is 25.7 Å². The lowest BCUT2D eigenvalue weighted by atomic mass is 9.98. The molecule has 2 aliphatic carbocycles. The van der Waals surface area contributed by atoms with Crippen LogP contribution < -0.4 is 16.0 Å². The van der Waals surface area contributed by atoms with Crippen molar-refractivity contribution in [3.05, 3.63) is 35.4 Å². The molecule has 5 nitrogen and oxygen atoms in total. The molecule has 5 heteroatoms. The van der Waals surface area contributed by atoms with Crippen LogP contribution in [0.25, 0.3) is 0 Å². The molecule has 0 atom stereocenters. The molecular weight excluding hydrogens is 312 g/mol. The Morgan fingerprint density at radius 2 is 1.92 bits per heavy atom. The zero-order valence-corrected chi connectivity index (χ0v) is 15.3. The minimum absolute atomic E-state index is 0.0431. The normalized spacial score (nSPS) is 17.5. The van der Waals surface area contributed by atoms with E-state index in [9.17, 15) is 4.79 Å². The lowest BCUT2D eigenvalue weighted by Gasteiger charge is -2.18. The van der Waals surface area contributed by atoms with E-state index < -0.39 is 0 Å². The van der Waals surface area contributed by atoms with Gasteiger partial charge in [-0.2, -0.15) is 0 Å². The summed E-state index contributed by atoms with van der Waals surface area (Å²) in [5.41, 5.74) is 1.86. The van der Waals surface area contributed by atoms with Gasteiger partial charge in [-0.05, 0) is 67.6 Å². The first kappa shape index (κ1) is 17.8. The Labute approximate surface area is 150 Å². The summed E-state index contributed by atoms with van der Waals surface area (Å²) >= 11 is 0. The molecule has 0 aromatic heterocycles. The highest BCUT2D eigenvalue weighted by molar-refractivity contribution is 5.94. The highest BCUT2D eigenvalue weighted by atomic mass is 16.1. The number of hydrogen-bond donors (Lipinski definition) is 3. The van der Waals surface area contributed by atoms with Crippen LogP contribution in [0.1, 0.15) is 41.6 Å². The Morgan fingerprint density at radius 1 is 1.20 bits per heavy atom. The Balaban J connectivity index is 1.43. The number of carbonyl (C=O) groups is 1. The largest absolute Gasteiger partial charge is 0.356 e. The molecule has 1 amide bonds. The minimum Gasteiger partial charge on any atom is -0.356 e. The molecule has 0 heterocycles. The van der Waals surface area contributed by atoms with Crippen molar-refractivity contribution >= 4 is 11.9 Å². The smallest absolute Gasteiger partial charge is 0.251 e. The van der Waals surface area contributed by atoms with Gasteiger partial charge in [0.05, 0.1) is 0 Å². The fourth-order valence-corrected chi connectivity index (χ4v) is 3.54. The lowest BCUT2D eigenvalue weighted by molar-refractivity contribution is 0.0963. The van der Waals surface area contributed by atoms with E-state index in [0.717, 1.165) is 48.8 Å². The SMILES string of the molecule is CN=C(NCCc1cccc(C(=O)NC)c1)NCC(C1CC1)C1CC1. The van der Waals surface area contributed by atoms with Crippen LogP contribution in [0.5, 0.6) is 0 Å². The van der Waals surface area contributed by atoms with Gasteiger partial charge in [-0.3, -0.25) is 9.79 Å². The van der Waals surface area contributed by atoms with Crippen LogP contribution in [-0.4, -0.2) is 39.1 Å². The third-order valence-corrected chi connectivity index (χ3v) is 5.31. The second-order valence-electron chi connectivity index (χ2n) is 7.25. The van der Waals surface area contributed by atoms with Crippen molar-refractivity contribution in [3.8, 4) is 0 Å². The Kier molecular flexibility index (Phi) is 5.95. The first-order valence-electron chi connectivity index (χ1n) is 9.46. The Hall–Kier alpha value is -2.04. The van der Waals surface area contributed by atoms with Crippen molar-refractivity contribution in [3.63, 3.8) is 0 Å². The zero-order chi connectivity index (χ0) is 17.6. The summed E-state index contributed by atoms with van der Waals surface area (Å²) in [7, 11) is 3.48. The van der Waals surface area contributed by atoms with E-state index in [1.807, 2.05) is 25.2 Å². The number of nitrogens with zero attached hydrogens (tertiary/aromatic N) is 1. The summed E-state index contributed by atoms with van der Waals surface area (Å²) in [5.74, 6) is 3.58. The summed E-state index contributed by atoms with van der Waals surface area (Å²) in [4.78, 5) is 16.0. The maximum absolute atomic E-state index is 11.7. The molecule has 2 aliphatic rings. The molecule has 3 N–H and O–H groups in total. The van der Waals surface area contributed by atoms with Crippen molar-refractivity contribution in [1.29, 1.82) is 0 Å². The number of guanidine groups is 1. The van der Waals surface area contributed by atoms with Gasteiger partial charge in [0.25, 0.3) is 5.91 Å². The van der Waals surface area contributed by atoms with Gasteiger partial charge in [-0.1, -0.05) is 12.1 Å². The topological polar surface area (TPSA) is 65.5 Å². The van der Waals surface area contributed by atoms with E-state index in [0.29, 0.717) is 5.56 Å². The van der Waals surface area contributed by atoms with Gasteiger partial charge in [0.15, 0.2) is 5.96 Å². The van der Waals surface area contributed by atoms with Crippen molar-refractivity contribution in [2.45, 2.75) is 32.1 Å². The summed E-state index contributed by atoms with van der Waals surface area (Å²) < 4.78 is 0. The van der Waals surface area contributed by atoms with Gasteiger partial charge in [-0.15, -0.1) is 0 Å². The predicted octanol–water partition coefficient (Wildman–Crippen LogP) is 2.19. The van der Waals surface area contributed by atoms with Crippen molar-refractivity contribution in [2.75, 3.05) is 27.2 Å². The molecular formula is C20H30N4O. The summed E-state index contributed by atoms with van der Waals surface area (Å²) in [6, 6.07) is 7.78. The molecule has 136 valence electrons. The zero-order valence-electron chi connectivity index (χ0n) is 15.3. The standard InChI is InChI=1S/C20H30N4O/c1-21-19(25)17-5-3-4-14(12-17)10-11-23-20(22-2)24-13-18(15-6-7-15)16-8-9-16/h3-5,12,15-16,18H,6-11,13H2,1-2H3,(H,21,25)(H2,22,23,24). The van der Waals surface area contributed by atoms with Crippen molar-refractivity contribution < 1.29 is 4.79 Å². The number of benzene rings is 1. The number of hydrogen-bond acceptors (Lipinski definition) is 2. The average molecular weight is 342 g/mol. The molecule has 0 bridgehead atoms. The lowest BCUT2D eigenvalue weighted by Crippen LogP contribution is -2.41. The molecule has 3 rings (SSSR count). The maximum Gasteiger partial charge on any atom is 0.251 e. The van der Waals surface area contributed by atoms with Gasteiger partial charge >= 0.3 is 0 Å². The average Bonchev–Trinajstić information content (AvgIpc) is 3.54. The first-order valence-corrected chi connectivity index (χ1v) is 9.46. The summed E-state index contributed by atoms with van der Waals surface area (Å²) in [5, 5.41) is 9.57. The summed E-state index contributed by atoms with van der Waals surface area (Å²) in [6.45, 7) is 1.84. The van der Waals surface area contributed by atoms with Gasteiger partial charge < -0.3 is 16.0 Å². The highest BCUT2D eigenvalue weighted by Gasteiger charge is 2.41. The highest BCUT2D eigenvalue weighted by Crippen LogP contribution is 2.48. The van der Waals surface area contributed by atoms with E-state index in [4.69, 9.17) is 0 Å². The minimum atomic E-state index is -0.0431. The number of aliphatic imine (C=N–C) groups is 1. The molecule has 0 unspecified atom stereocenters. The molecule has 25 heavy (non-hydrogen) atoms. The molecule has 1 aromatic rings. The van der Waals surface area contributed by atoms with Crippen LogP contribution in [0.15, 0.2) is 29.3 Å². The molecule has 2 saturated carbocycles. The number of carbonyl (C=O) groups excluding carboxylic acids is 1. The molecule has 1 aromatic carbocycles. The number of rotatable bonds is 8. The molecule has 0 radical (unpaired) electrons. The van der Waals surface area contributed by atoms with Crippen LogP contribution in [0.3, 0.4) is 0 Å². The van der Waals surface area contributed by atoms with Crippen molar-refractivity contribution in [2.24, 2.45) is 22.7 Å². The second-order valence-corrected chi connectivity index (χ2v) is 7.25. The fraction of sp³-hybridized carbons (Fsp3) is 0.600. The third-order valence-electron chi connectivity index (χ3n) is 5.31. The van der Waals surface area contributed by atoms with Crippen LogP contribution >= 0.6 is 0 Å². The van der Waals surface area contributed by atoms with Gasteiger partial charge in [-0.25, -0.2) is 0 Å². The molecule has 0 aliphatic heterocycles. The predicted molar refractivity (Wildman–Crippen MR) is 102 cm³/mol. The molecule has 0 spiro atoms.